The van der Waals surface area contributed by atoms with E-state index in [2.05, 4.69) is 5.32 Å². The highest BCUT2D eigenvalue weighted by molar-refractivity contribution is 6.00. The molecule has 5 nitrogen and oxygen atoms in total. The van der Waals surface area contributed by atoms with Crippen molar-refractivity contribution in [3.63, 3.8) is 0 Å². The third-order valence-electron chi connectivity index (χ3n) is 1.85. The van der Waals surface area contributed by atoms with Crippen molar-refractivity contribution in [2.45, 2.75) is 13.0 Å². The summed E-state index contributed by atoms with van der Waals surface area (Å²) in [5, 5.41) is 2.40. The highest BCUT2D eigenvalue weighted by Gasteiger charge is 2.10. The maximum atomic E-state index is 11.4. The lowest BCUT2D eigenvalue weighted by atomic mass is 10.1. The second kappa shape index (κ2) is 4.56. The van der Waals surface area contributed by atoms with Gasteiger partial charge in [-0.15, -0.1) is 0 Å². The van der Waals surface area contributed by atoms with Crippen LogP contribution in [0, 0.1) is 0 Å². The summed E-state index contributed by atoms with van der Waals surface area (Å²) in [6.07, 6.45) is 0. The maximum absolute atomic E-state index is 11.4. The number of nitrogens with two attached hydrogens (primary N) is 2. The molecule has 1 atom stereocenters. The number of amides is 2. The zero-order chi connectivity index (χ0) is 11.4. The summed E-state index contributed by atoms with van der Waals surface area (Å²) in [6, 6.07) is 5.22. The van der Waals surface area contributed by atoms with E-state index >= 15 is 0 Å². The molecule has 5 heteroatoms. The third kappa shape index (κ3) is 3.07. The van der Waals surface area contributed by atoms with E-state index in [4.69, 9.17) is 11.5 Å². The zero-order valence-corrected chi connectivity index (χ0v) is 8.36. The minimum atomic E-state index is -0.638. The van der Waals surface area contributed by atoms with Crippen LogP contribution in [-0.2, 0) is 0 Å². The molecule has 0 spiro atoms. The fraction of sp³-hybridized carbons (Fsp3) is 0.200. The summed E-state index contributed by atoms with van der Waals surface area (Å²) in [5.74, 6) is -0.138. The molecule has 0 aromatic heterocycles. The van der Waals surface area contributed by atoms with Gasteiger partial charge < -0.3 is 16.8 Å². The van der Waals surface area contributed by atoms with E-state index in [9.17, 15) is 9.59 Å². The predicted octanol–water partition coefficient (Wildman–Crippen LogP) is 0.707. The first kappa shape index (κ1) is 11.2. The van der Waals surface area contributed by atoms with Crippen molar-refractivity contribution in [2.75, 3.05) is 5.32 Å². The Morgan fingerprint density at radius 3 is 2.20 bits per heavy atom. The molecular weight excluding hydrogens is 194 g/mol. The number of urea groups is 1. The van der Waals surface area contributed by atoms with Crippen molar-refractivity contribution in [3.8, 4) is 0 Å². The van der Waals surface area contributed by atoms with Crippen molar-refractivity contribution in [3.05, 3.63) is 29.8 Å². The standard InChI is InChI=1S/C10H13N3O2/c1-6(11)9(14)7-2-4-8(5-3-7)13-10(12)15/h2-6H,11H2,1H3,(H3,12,13,15). The number of anilines is 1. The van der Waals surface area contributed by atoms with Crippen LogP contribution in [-0.4, -0.2) is 17.9 Å². The average Bonchev–Trinajstić information content (AvgIpc) is 2.17. The van der Waals surface area contributed by atoms with Gasteiger partial charge in [-0.2, -0.15) is 0 Å². The molecule has 1 rings (SSSR count). The van der Waals surface area contributed by atoms with E-state index in [1.54, 1.807) is 31.2 Å². The first-order chi connectivity index (χ1) is 7.00. The van der Waals surface area contributed by atoms with Crippen LogP contribution < -0.4 is 16.8 Å². The van der Waals surface area contributed by atoms with Crippen LogP contribution in [0.2, 0.25) is 0 Å². The fourth-order valence-electron chi connectivity index (χ4n) is 1.12. The molecule has 0 saturated heterocycles. The Morgan fingerprint density at radius 1 is 1.27 bits per heavy atom. The monoisotopic (exact) mass is 207 g/mol. The van der Waals surface area contributed by atoms with E-state index in [0.717, 1.165) is 0 Å². The lowest BCUT2D eigenvalue weighted by molar-refractivity contribution is 0.0968. The molecule has 80 valence electrons. The number of carbonyl (C=O) groups excluding carboxylic acids is 2. The minimum absolute atomic E-state index is 0.138. The molecular formula is C10H13N3O2. The molecule has 0 aliphatic carbocycles. The minimum Gasteiger partial charge on any atom is -0.351 e. The van der Waals surface area contributed by atoms with Crippen LogP contribution in [0.4, 0.5) is 10.5 Å². The number of nitrogens with one attached hydrogen (secondary N) is 1. The van der Waals surface area contributed by atoms with Crippen molar-refractivity contribution < 1.29 is 9.59 Å². The lowest BCUT2D eigenvalue weighted by Gasteiger charge is -2.05. The quantitative estimate of drug-likeness (QED) is 0.636. The van der Waals surface area contributed by atoms with Gasteiger partial charge in [0.1, 0.15) is 0 Å². The molecule has 0 radical (unpaired) electrons. The van der Waals surface area contributed by atoms with Gasteiger partial charge in [-0.1, -0.05) is 0 Å². The Kier molecular flexibility index (Phi) is 3.41. The molecule has 0 saturated carbocycles. The fourth-order valence-corrected chi connectivity index (χ4v) is 1.12. The third-order valence-corrected chi connectivity index (χ3v) is 1.85. The van der Waals surface area contributed by atoms with E-state index in [1.807, 2.05) is 0 Å². The van der Waals surface area contributed by atoms with E-state index in [1.165, 1.54) is 0 Å². The summed E-state index contributed by atoms with van der Waals surface area (Å²) < 4.78 is 0. The van der Waals surface area contributed by atoms with Crippen LogP contribution in [0.3, 0.4) is 0 Å². The number of hydrogen-bond acceptors (Lipinski definition) is 3. The van der Waals surface area contributed by atoms with Gasteiger partial charge in [0.25, 0.3) is 0 Å². The smallest absolute Gasteiger partial charge is 0.316 e. The molecule has 1 unspecified atom stereocenters. The van der Waals surface area contributed by atoms with Gasteiger partial charge in [0.15, 0.2) is 5.78 Å². The first-order valence-electron chi connectivity index (χ1n) is 4.47. The van der Waals surface area contributed by atoms with E-state index in [-0.39, 0.29) is 5.78 Å². The van der Waals surface area contributed by atoms with Gasteiger partial charge in [0.2, 0.25) is 0 Å². The maximum Gasteiger partial charge on any atom is 0.316 e. The molecule has 5 N–H and O–H groups in total. The largest absolute Gasteiger partial charge is 0.351 e. The second-order valence-electron chi connectivity index (χ2n) is 3.22. The molecule has 2 amide bonds. The number of ketones is 1. The van der Waals surface area contributed by atoms with Crippen LogP contribution in [0.25, 0.3) is 0 Å². The Balaban J connectivity index is 2.81. The van der Waals surface area contributed by atoms with Gasteiger partial charge in [0.05, 0.1) is 6.04 Å². The van der Waals surface area contributed by atoms with Gasteiger partial charge >= 0.3 is 6.03 Å². The Bertz CT molecular complexity index is 371. The number of benzene rings is 1. The second-order valence-corrected chi connectivity index (χ2v) is 3.22. The Hall–Kier alpha value is -1.88. The van der Waals surface area contributed by atoms with Gasteiger partial charge in [0, 0.05) is 11.3 Å². The summed E-state index contributed by atoms with van der Waals surface area (Å²) in [4.78, 5) is 22.0. The SMILES string of the molecule is CC(N)C(=O)c1ccc(NC(N)=O)cc1. The summed E-state index contributed by atoms with van der Waals surface area (Å²) in [5.41, 5.74) is 11.4. The lowest BCUT2D eigenvalue weighted by Crippen LogP contribution is -2.26. The van der Waals surface area contributed by atoms with Gasteiger partial charge in [-0.25, -0.2) is 4.79 Å². The summed E-state index contributed by atoms with van der Waals surface area (Å²) >= 11 is 0. The van der Waals surface area contributed by atoms with Crippen molar-refractivity contribution in [1.29, 1.82) is 0 Å². The normalized spacial score (nSPS) is 11.9. The van der Waals surface area contributed by atoms with Crippen LogP contribution in [0.5, 0.6) is 0 Å². The molecule has 0 bridgehead atoms. The number of Topliss-reactive ketones (excluding diaryl/α,β-unsaturated/α-hetero) is 1. The number of rotatable bonds is 3. The van der Waals surface area contributed by atoms with Crippen LogP contribution in [0.1, 0.15) is 17.3 Å². The number of carbonyl (C=O) groups is 2. The summed E-state index contributed by atoms with van der Waals surface area (Å²) in [6.45, 7) is 1.62. The summed E-state index contributed by atoms with van der Waals surface area (Å²) in [7, 11) is 0. The molecule has 15 heavy (non-hydrogen) atoms. The highest BCUT2D eigenvalue weighted by Crippen LogP contribution is 2.10. The van der Waals surface area contributed by atoms with Crippen molar-refractivity contribution >= 4 is 17.5 Å². The molecule has 0 fully saturated rings. The average molecular weight is 207 g/mol. The zero-order valence-electron chi connectivity index (χ0n) is 8.36. The van der Waals surface area contributed by atoms with E-state index < -0.39 is 12.1 Å². The van der Waals surface area contributed by atoms with Crippen LogP contribution in [0.15, 0.2) is 24.3 Å². The number of hydrogen-bond donors (Lipinski definition) is 3. The molecule has 0 aliphatic heterocycles. The van der Waals surface area contributed by atoms with Crippen molar-refractivity contribution in [2.24, 2.45) is 11.5 Å². The topological polar surface area (TPSA) is 98.2 Å². The van der Waals surface area contributed by atoms with E-state index in [0.29, 0.717) is 11.3 Å². The highest BCUT2D eigenvalue weighted by atomic mass is 16.2. The Morgan fingerprint density at radius 2 is 1.80 bits per heavy atom. The van der Waals surface area contributed by atoms with Gasteiger partial charge in [-0.3, -0.25) is 4.79 Å². The molecule has 0 heterocycles. The molecule has 1 aromatic carbocycles. The molecule has 1 aromatic rings. The molecule has 0 aliphatic rings. The Labute approximate surface area is 87.4 Å². The predicted molar refractivity (Wildman–Crippen MR) is 57.6 cm³/mol. The first-order valence-corrected chi connectivity index (χ1v) is 4.47. The number of primary amides is 1. The van der Waals surface area contributed by atoms with Gasteiger partial charge in [-0.05, 0) is 31.2 Å². The van der Waals surface area contributed by atoms with Crippen molar-refractivity contribution in [1.82, 2.24) is 0 Å². The van der Waals surface area contributed by atoms with Crippen LogP contribution >= 0.6 is 0 Å².